The largest absolute Gasteiger partial charge is 0.478 e. The number of carbonyl (C=O) groups excluding carboxylic acids is 1. The molecule has 0 aliphatic heterocycles. The van der Waals surface area contributed by atoms with Gasteiger partial charge in [0.2, 0.25) is 0 Å². The fraction of sp³-hybridized carbons (Fsp3) is 0.154. The maximum absolute atomic E-state index is 12.4. The van der Waals surface area contributed by atoms with Gasteiger partial charge >= 0.3 is 11.9 Å². The summed E-state index contributed by atoms with van der Waals surface area (Å²) in [5, 5.41) is 9.33. The van der Waals surface area contributed by atoms with Crippen molar-refractivity contribution in [2.24, 2.45) is 0 Å². The second kappa shape index (κ2) is 8.23. The van der Waals surface area contributed by atoms with E-state index in [1.807, 2.05) is 51.1 Å². The summed E-state index contributed by atoms with van der Waals surface area (Å²) >= 11 is 0. The first-order chi connectivity index (χ1) is 15.2. The summed E-state index contributed by atoms with van der Waals surface area (Å²) in [5.41, 5.74) is 3.99. The zero-order chi connectivity index (χ0) is 22.9. The molecule has 6 heteroatoms. The second-order valence-electron chi connectivity index (χ2n) is 8.37. The number of benzene rings is 3. The molecule has 0 radical (unpaired) electrons. The van der Waals surface area contributed by atoms with E-state index in [-0.39, 0.29) is 5.56 Å². The number of carbonyl (C=O) groups is 2. The maximum atomic E-state index is 12.4. The van der Waals surface area contributed by atoms with Crippen LogP contribution in [-0.4, -0.2) is 32.6 Å². The Morgan fingerprint density at radius 3 is 1.91 bits per heavy atom. The molecule has 3 aromatic carbocycles. The monoisotopic (exact) mass is 426 g/mol. The van der Waals surface area contributed by atoms with Gasteiger partial charge in [-0.25, -0.2) is 19.6 Å². The summed E-state index contributed by atoms with van der Waals surface area (Å²) in [7, 11) is 0. The molecule has 0 fully saturated rings. The molecule has 0 saturated carbocycles. The third-order valence-corrected chi connectivity index (χ3v) is 4.75. The standard InChI is InChI=1S/C26H22N2O4/c1-26(2,3)32-25(31)18-11-9-17(10-12-18)23-22(16-7-5-4-6-8-16)27-20-14-13-19(24(29)30)15-21(20)28-23/h4-15H,1-3H3,(H,29,30). The molecule has 0 saturated heterocycles. The number of fused-ring (bicyclic) bond motifs is 1. The number of hydrogen-bond donors (Lipinski definition) is 1. The first-order valence-corrected chi connectivity index (χ1v) is 10.2. The molecule has 0 spiro atoms. The van der Waals surface area contributed by atoms with Crippen molar-refractivity contribution in [3.63, 3.8) is 0 Å². The number of aromatic nitrogens is 2. The predicted molar refractivity (Wildman–Crippen MR) is 123 cm³/mol. The molecule has 0 unspecified atom stereocenters. The Hall–Kier alpha value is -4.06. The van der Waals surface area contributed by atoms with Gasteiger partial charge in [0, 0.05) is 11.1 Å². The van der Waals surface area contributed by atoms with Gasteiger partial charge in [0.1, 0.15) is 5.60 Å². The molecule has 0 atom stereocenters. The lowest BCUT2D eigenvalue weighted by molar-refractivity contribution is 0.00693. The lowest BCUT2D eigenvalue weighted by atomic mass is 10.0. The van der Waals surface area contributed by atoms with E-state index in [0.29, 0.717) is 28.0 Å². The molecular weight excluding hydrogens is 404 g/mol. The molecule has 160 valence electrons. The first kappa shape index (κ1) is 21.2. The Kier molecular flexibility index (Phi) is 5.45. The normalized spacial score (nSPS) is 11.3. The molecule has 4 rings (SSSR count). The summed E-state index contributed by atoms with van der Waals surface area (Å²) in [6.45, 7) is 5.46. The van der Waals surface area contributed by atoms with Crippen LogP contribution in [0.4, 0.5) is 0 Å². The van der Waals surface area contributed by atoms with Crippen molar-refractivity contribution in [1.82, 2.24) is 9.97 Å². The molecule has 1 aromatic heterocycles. The molecule has 6 nitrogen and oxygen atoms in total. The Labute approximate surface area is 185 Å². The smallest absolute Gasteiger partial charge is 0.338 e. The summed E-state index contributed by atoms with van der Waals surface area (Å²) in [4.78, 5) is 33.3. The van der Waals surface area contributed by atoms with Crippen molar-refractivity contribution >= 4 is 23.0 Å². The van der Waals surface area contributed by atoms with E-state index in [1.165, 1.54) is 12.1 Å². The Bertz CT molecular complexity index is 1310. The average molecular weight is 426 g/mol. The molecule has 1 N–H and O–H groups in total. The van der Waals surface area contributed by atoms with Gasteiger partial charge in [0.25, 0.3) is 0 Å². The minimum Gasteiger partial charge on any atom is -0.478 e. The highest BCUT2D eigenvalue weighted by molar-refractivity contribution is 5.94. The number of esters is 1. The van der Waals surface area contributed by atoms with E-state index in [4.69, 9.17) is 14.7 Å². The zero-order valence-electron chi connectivity index (χ0n) is 18.0. The minimum atomic E-state index is -1.02. The fourth-order valence-electron chi connectivity index (χ4n) is 3.29. The van der Waals surface area contributed by atoms with Crippen LogP contribution < -0.4 is 0 Å². The van der Waals surface area contributed by atoms with E-state index in [1.54, 1.807) is 30.3 Å². The summed E-state index contributed by atoms with van der Waals surface area (Å²) in [6, 6.07) is 21.3. The van der Waals surface area contributed by atoms with Gasteiger partial charge in [-0.3, -0.25) is 0 Å². The van der Waals surface area contributed by atoms with Gasteiger partial charge in [-0.2, -0.15) is 0 Å². The molecule has 0 aliphatic carbocycles. The van der Waals surface area contributed by atoms with Crippen LogP contribution in [0.2, 0.25) is 0 Å². The first-order valence-electron chi connectivity index (χ1n) is 10.2. The topological polar surface area (TPSA) is 89.4 Å². The lowest BCUT2D eigenvalue weighted by Crippen LogP contribution is -2.23. The minimum absolute atomic E-state index is 0.144. The van der Waals surface area contributed by atoms with Crippen LogP contribution in [0.25, 0.3) is 33.5 Å². The van der Waals surface area contributed by atoms with Gasteiger partial charge in [0.05, 0.1) is 33.5 Å². The maximum Gasteiger partial charge on any atom is 0.338 e. The van der Waals surface area contributed by atoms with Crippen molar-refractivity contribution in [3.8, 4) is 22.5 Å². The number of rotatable bonds is 4. The number of ether oxygens (including phenoxy) is 1. The Morgan fingerprint density at radius 1 is 0.750 bits per heavy atom. The van der Waals surface area contributed by atoms with Crippen LogP contribution >= 0.6 is 0 Å². The van der Waals surface area contributed by atoms with Crippen LogP contribution in [0, 0.1) is 0 Å². The summed E-state index contributed by atoms with van der Waals surface area (Å²) < 4.78 is 5.43. The SMILES string of the molecule is CC(C)(C)OC(=O)c1ccc(-c2nc3cc(C(=O)O)ccc3nc2-c2ccccc2)cc1. The predicted octanol–water partition coefficient (Wildman–Crippen LogP) is 5.62. The van der Waals surface area contributed by atoms with E-state index in [9.17, 15) is 14.7 Å². The third-order valence-electron chi connectivity index (χ3n) is 4.75. The quantitative estimate of drug-likeness (QED) is 0.426. The van der Waals surface area contributed by atoms with Gasteiger partial charge < -0.3 is 9.84 Å². The van der Waals surface area contributed by atoms with Crippen molar-refractivity contribution in [2.45, 2.75) is 26.4 Å². The molecular formula is C26H22N2O4. The highest BCUT2D eigenvalue weighted by atomic mass is 16.6. The molecule has 4 aromatic rings. The van der Waals surface area contributed by atoms with Crippen molar-refractivity contribution in [3.05, 3.63) is 83.9 Å². The summed E-state index contributed by atoms with van der Waals surface area (Å²) in [5.74, 6) is -1.42. The van der Waals surface area contributed by atoms with Crippen LogP contribution in [0.1, 0.15) is 41.5 Å². The molecule has 32 heavy (non-hydrogen) atoms. The summed E-state index contributed by atoms with van der Waals surface area (Å²) in [6.07, 6.45) is 0. The van der Waals surface area contributed by atoms with Crippen LogP contribution in [-0.2, 0) is 4.74 Å². The highest BCUT2D eigenvalue weighted by Crippen LogP contribution is 2.31. The number of carboxylic acids is 1. The molecule has 0 amide bonds. The number of carboxylic acid groups (broad SMARTS) is 1. The van der Waals surface area contributed by atoms with Crippen LogP contribution in [0.15, 0.2) is 72.8 Å². The Balaban J connectivity index is 1.84. The van der Waals surface area contributed by atoms with Crippen molar-refractivity contribution in [1.29, 1.82) is 0 Å². The average Bonchev–Trinajstić information content (AvgIpc) is 2.77. The van der Waals surface area contributed by atoms with Gasteiger partial charge in [0.15, 0.2) is 0 Å². The van der Waals surface area contributed by atoms with Gasteiger partial charge in [-0.1, -0.05) is 42.5 Å². The van der Waals surface area contributed by atoms with Gasteiger partial charge in [-0.05, 0) is 51.1 Å². The number of aromatic carboxylic acids is 1. The highest BCUT2D eigenvalue weighted by Gasteiger charge is 2.19. The zero-order valence-corrected chi connectivity index (χ0v) is 18.0. The van der Waals surface area contributed by atoms with Gasteiger partial charge in [-0.15, -0.1) is 0 Å². The van der Waals surface area contributed by atoms with E-state index >= 15 is 0 Å². The van der Waals surface area contributed by atoms with Crippen molar-refractivity contribution < 1.29 is 19.4 Å². The molecule has 0 bridgehead atoms. The number of hydrogen-bond acceptors (Lipinski definition) is 5. The van der Waals surface area contributed by atoms with E-state index in [0.717, 1.165) is 11.1 Å². The van der Waals surface area contributed by atoms with Crippen LogP contribution in [0.3, 0.4) is 0 Å². The molecule has 0 aliphatic rings. The Morgan fingerprint density at radius 2 is 1.31 bits per heavy atom. The van der Waals surface area contributed by atoms with E-state index < -0.39 is 17.5 Å². The van der Waals surface area contributed by atoms with Crippen molar-refractivity contribution in [2.75, 3.05) is 0 Å². The second-order valence-corrected chi connectivity index (χ2v) is 8.37. The lowest BCUT2D eigenvalue weighted by Gasteiger charge is -2.19. The fourth-order valence-corrected chi connectivity index (χ4v) is 3.29. The molecule has 1 heterocycles. The van der Waals surface area contributed by atoms with Crippen LogP contribution in [0.5, 0.6) is 0 Å². The number of nitrogens with zero attached hydrogens (tertiary/aromatic N) is 2. The van der Waals surface area contributed by atoms with E-state index in [2.05, 4.69) is 0 Å². The third kappa shape index (κ3) is 4.49.